The van der Waals surface area contributed by atoms with E-state index < -0.39 is 18.8 Å². The standard InChI is InChI=1S/C22H22F3N3O/c1-15-12-18(9-10-19(15)29-20(24)25)22(14-28(2)21(26)27-22)17-8-5-7-16(13-17)6-3-4-11-23/h5,7-10,12-13,20H,4,11,14H2,1-2H3,(H2,26,27)/t22-/m0/s1. The van der Waals surface area contributed by atoms with Gasteiger partial charge in [0.2, 0.25) is 0 Å². The van der Waals surface area contributed by atoms with Gasteiger partial charge in [-0.2, -0.15) is 8.78 Å². The number of hydrogen-bond acceptors (Lipinski definition) is 4. The maximum absolute atomic E-state index is 12.6. The Kier molecular flexibility index (Phi) is 6.02. The number of rotatable bonds is 5. The Hall–Kier alpha value is -3.14. The normalized spacial score (nSPS) is 18.4. The third-order valence-corrected chi connectivity index (χ3v) is 4.82. The Labute approximate surface area is 168 Å². The topological polar surface area (TPSA) is 50.8 Å². The minimum absolute atomic E-state index is 0.119. The van der Waals surface area contributed by atoms with E-state index in [1.807, 2.05) is 36.2 Å². The molecule has 0 saturated carbocycles. The zero-order valence-corrected chi connectivity index (χ0v) is 16.3. The van der Waals surface area contributed by atoms with E-state index in [9.17, 15) is 13.2 Å². The first-order valence-corrected chi connectivity index (χ1v) is 9.13. The Bertz CT molecular complexity index is 981. The number of hydrogen-bond donors (Lipinski definition) is 1. The van der Waals surface area contributed by atoms with Crippen LogP contribution in [0.4, 0.5) is 13.2 Å². The molecule has 3 rings (SSSR count). The molecule has 2 aromatic rings. The first-order chi connectivity index (χ1) is 13.9. The molecule has 0 unspecified atom stereocenters. The molecule has 0 amide bonds. The van der Waals surface area contributed by atoms with E-state index in [1.165, 1.54) is 6.07 Å². The van der Waals surface area contributed by atoms with Gasteiger partial charge >= 0.3 is 6.61 Å². The molecule has 0 bridgehead atoms. The molecule has 1 aliphatic heterocycles. The van der Waals surface area contributed by atoms with Crippen LogP contribution in [0.25, 0.3) is 0 Å². The molecule has 0 radical (unpaired) electrons. The van der Waals surface area contributed by atoms with Gasteiger partial charge in [-0.05, 0) is 47.9 Å². The van der Waals surface area contributed by atoms with Gasteiger partial charge in [0.1, 0.15) is 18.0 Å². The van der Waals surface area contributed by atoms with Crippen molar-refractivity contribution in [2.75, 3.05) is 20.3 Å². The lowest BCUT2D eigenvalue weighted by atomic mass is 9.82. The Morgan fingerprint density at radius 1 is 1.24 bits per heavy atom. The van der Waals surface area contributed by atoms with E-state index >= 15 is 0 Å². The van der Waals surface area contributed by atoms with Gasteiger partial charge in [0.15, 0.2) is 5.96 Å². The van der Waals surface area contributed by atoms with E-state index in [4.69, 9.17) is 10.7 Å². The molecule has 0 aromatic heterocycles. The molecule has 1 heterocycles. The maximum Gasteiger partial charge on any atom is 0.387 e. The van der Waals surface area contributed by atoms with Gasteiger partial charge < -0.3 is 15.4 Å². The zero-order valence-electron chi connectivity index (χ0n) is 16.3. The van der Waals surface area contributed by atoms with Crippen molar-refractivity contribution in [3.05, 3.63) is 64.7 Å². The number of nitrogens with two attached hydrogens (primary N) is 1. The summed E-state index contributed by atoms with van der Waals surface area (Å²) in [6, 6.07) is 12.6. The first kappa shape index (κ1) is 20.6. The van der Waals surface area contributed by atoms with Crippen molar-refractivity contribution in [3.63, 3.8) is 0 Å². The van der Waals surface area contributed by atoms with Crippen LogP contribution < -0.4 is 10.5 Å². The summed E-state index contributed by atoms with van der Waals surface area (Å²) in [7, 11) is 1.84. The summed E-state index contributed by atoms with van der Waals surface area (Å²) in [6.45, 7) is -1.19. The Balaban J connectivity index is 2.09. The molecule has 0 aliphatic carbocycles. The summed E-state index contributed by atoms with van der Waals surface area (Å²) in [5, 5.41) is 0. The SMILES string of the molecule is Cc1cc([C@@]2(c3cccc(C#CCCF)c3)CN(C)C(N)=N2)ccc1OC(F)F. The van der Waals surface area contributed by atoms with Crippen LogP contribution in [-0.4, -0.2) is 37.7 Å². The van der Waals surface area contributed by atoms with Crippen LogP contribution in [0.15, 0.2) is 47.5 Å². The van der Waals surface area contributed by atoms with Crippen molar-refractivity contribution in [2.45, 2.75) is 25.5 Å². The number of ether oxygens (including phenoxy) is 1. The summed E-state index contributed by atoms with van der Waals surface area (Å²) in [4.78, 5) is 6.57. The zero-order chi connectivity index (χ0) is 21.0. The number of aliphatic imine (C=N–C) groups is 1. The smallest absolute Gasteiger partial charge is 0.387 e. The highest BCUT2D eigenvalue weighted by Crippen LogP contribution is 2.40. The van der Waals surface area contributed by atoms with Crippen LogP contribution in [0.1, 0.15) is 28.7 Å². The van der Waals surface area contributed by atoms with Crippen LogP contribution in [0.2, 0.25) is 0 Å². The first-order valence-electron chi connectivity index (χ1n) is 9.13. The summed E-state index contributed by atoms with van der Waals surface area (Å²) in [5.41, 5.74) is 8.25. The van der Waals surface area contributed by atoms with Crippen LogP contribution in [0.5, 0.6) is 5.75 Å². The largest absolute Gasteiger partial charge is 0.435 e. The Morgan fingerprint density at radius 3 is 2.62 bits per heavy atom. The number of guanidine groups is 1. The fraction of sp³-hybridized carbons (Fsp3) is 0.318. The Morgan fingerprint density at radius 2 is 2.00 bits per heavy atom. The second-order valence-corrected chi connectivity index (χ2v) is 6.87. The third kappa shape index (κ3) is 4.32. The number of aryl methyl sites for hydroxylation is 1. The van der Waals surface area contributed by atoms with E-state index in [0.29, 0.717) is 18.1 Å². The summed E-state index contributed by atoms with van der Waals surface area (Å²) in [5.74, 6) is 6.24. The van der Waals surface area contributed by atoms with Crippen molar-refractivity contribution in [1.29, 1.82) is 0 Å². The van der Waals surface area contributed by atoms with Crippen LogP contribution >= 0.6 is 0 Å². The molecule has 4 nitrogen and oxygen atoms in total. The maximum atomic E-state index is 12.6. The third-order valence-electron chi connectivity index (χ3n) is 4.82. The van der Waals surface area contributed by atoms with Crippen molar-refractivity contribution in [2.24, 2.45) is 10.7 Å². The van der Waals surface area contributed by atoms with Gasteiger partial charge in [-0.1, -0.05) is 30.0 Å². The predicted octanol–water partition coefficient (Wildman–Crippen LogP) is 3.81. The second-order valence-electron chi connectivity index (χ2n) is 6.87. The molecule has 2 N–H and O–H groups in total. The van der Waals surface area contributed by atoms with Gasteiger partial charge in [0, 0.05) is 19.0 Å². The fourth-order valence-corrected chi connectivity index (χ4v) is 3.42. The predicted molar refractivity (Wildman–Crippen MR) is 107 cm³/mol. The summed E-state index contributed by atoms with van der Waals surface area (Å²) < 4.78 is 42.1. The average Bonchev–Trinajstić information content (AvgIpc) is 2.99. The molecule has 1 aliphatic rings. The van der Waals surface area contributed by atoms with E-state index in [0.717, 1.165) is 16.7 Å². The second kappa shape index (κ2) is 8.48. The number of benzene rings is 2. The lowest BCUT2D eigenvalue weighted by Gasteiger charge is -2.29. The van der Waals surface area contributed by atoms with Gasteiger partial charge in [-0.25, -0.2) is 4.99 Å². The minimum Gasteiger partial charge on any atom is -0.435 e. The fourth-order valence-electron chi connectivity index (χ4n) is 3.42. The molecule has 7 heteroatoms. The van der Waals surface area contributed by atoms with Gasteiger partial charge in [0.25, 0.3) is 0 Å². The van der Waals surface area contributed by atoms with Crippen molar-refractivity contribution in [3.8, 4) is 17.6 Å². The summed E-state index contributed by atoms with van der Waals surface area (Å²) >= 11 is 0. The van der Waals surface area contributed by atoms with Crippen LogP contribution in [-0.2, 0) is 5.54 Å². The lowest BCUT2D eigenvalue weighted by molar-refractivity contribution is -0.0503. The molecule has 0 saturated heterocycles. The highest BCUT2D eigenvalue weighted by molar-refractivity contribution is 5.81. The highest BCUT2D eigenvalue weighted by atomic mass is 19.3. The van der Waals surface area contributed by atoms with Gasteiger partial charge in [-0.15, -0.1) is 0 Å². The molecule has 1 atom stereocenters. The number of nitrogens with zero attached hydrogens (tertiary/aromatic N) is 2. The molecule has 152 valence electrons. The minimum atomic E-state index is -2.89. The monoisotopic (exact) mass is 401 g/mol. The van der Waals surface area contributed by atoms with Crippen molar-refractivity contribution in [1.82, 2.24) is 4.90 Å². The quantitative estimate of drug-likeness (QED) is 0.776. The molecule has 0 spiro atoms. The molecular formula is C22H22F3N3O. The summed E-state index contributed by atoms with van der Waals surface area (Å²) in [6.07, 6.45) is 0.175. The molecule has 0 fully saturated rings. The van der Waals surface area contributed by atoms with E-state index in [1.54, 1.807) is 19.1 Å². The molecule has 2 aromatic carbocycles. The number of likely N-dealkylation sites (N-methyl/N-ethyl adjacent to an activating group) is 1. The van der Waals surface area contributed by atoms with E-state index in [2.05, 4.69) is 16.6 Å². The van der Waals surface area contributed by atoms with Gasteiger partial charge in [0.05, 0.1) is 6.54 Å². The van der Waals surface area contributed by atoms with Crippen molar-refractivity contribution >= 4 is 5.96 Å². The average molecular weight is 401 g/mol. The lowest BCUT2D eigenvalue weighted by Crippen LogP contribution is -2.35. The van der Waals surface area contributed by atoms with Gasteiger partial charge in [-0.3, -0.25) is 4.39 Å². The number of halogens is 3. The van der Waals surface area contributed by atoms with Crippen LogP contribution in [0.3, 0.4) is 0 Å². The van der Waals surface area contributed by atoms with Crippen molar-refractivity contribution < 1.29 is 17.9 Å². The van der Waals surface area contributed by atoms with E-state index in [-0.39, 0.29) is 12.2 Å². The molecule has 29 heavy (non-hydrogen) atoms. The number of alkyl halides is 3. The highest BCUT2D eigenvalue weighted by Gasteiger charge is 2.41. The van der Waals surface area contributed by atoms with Crippen LogP contribution in [0, 0.1) is 18.8 Å². The molecular weight excluding hydrogens is 379 g/mol.